The third-order valence-corrected chi connectivity index (χ3v) is 4.14. The van der Waals surface area contributed by atoms with Crippen molar-refractivity contribution in [3.8, 4) is 0 Å². The van der Waals surface area contributed by atoms with E-state index in [1.807, 2.05) is 55.6 Å². The van der Waals surface area contributed by atoms with Crippen LogP contribution in [-0.4, -0.2) is 16.1 Å². The Morgan fingerprint density at radius 1 is 1.23 bits per heavy atom. The molecule has 3 nitrogen and oxygen atoms in total. The molecular formula is C18H16ClNO2. The lowest BCUT2D eigenvalue weighted by Crippen LogP contribution is -2.07. The highest BCUT2D eigenvalue weighted by Crippen LogP contribution is 2.34. The van der Waals surface area contributed by atoms with Crippen molar-refractivity contribution in [2.24, 2.45) is 0 Å². The largest absolute Gasteiger partial charge is 0.481 e. The van der Waals surface area contributed by atoms with Crippen molar-refractivity contribution in [2.75, 3.05) is 0 Å². The predicted molar refractivity (Wildman–Crippen MR) is 88.6 cm³/mol. The number of carboxylic acids is 1. The van der Waals surface area contributed by atoms with E-state index in [1.165, 1.54) is 0 Å². The van der Waals surface area contributed by atoms with Gasteiger partial charge in [0.15, 0.2) is 0 Å². The normalized spacial score (nSPS) is 12.5. The molecule has 4 heteroatoms. The maximum atomic E-state index is 11.3. The van der Waals surface area contributed by atoms with Crippen molar-refractivity contribution < 1.29 is 9.90 Å². The molecule has 0 bridgehead atoms. The quantitative estimate of drug-likeness (QED) is 0.731. The van der Waals surface area contributed by atoms with Crippen molar-refractivity contribution in [1.29, 1.82) is 0 Å². The fourth-order valence-corrected chi connectivity index (χ4v) is 2.96. The molecule has 0 saturated carbocycles. The smallest absolute Gasteiger partial charge is 0.304 e. The Morgan fingerprint density at radius 3 is 2.64 bits per heavy atom. The number of H-pyrrole nitrogens is 1. The van der Waals surface area contributed by atoms with Gasteiger partial charge in [0.05, 0.1) is 6.42 Å². The molecule has 0 unspecified atom stereocenters. The molecule has 2 aromatic carbocycles. The molecule has 0 aliphatic heterocycles. The van der Waals surface area contributed by atoms with Crippen LogP contribution in [0.2, 0.25) is 5.02 Å². The van der Waals surface area contributed by atoms with E-state index in [-0.39, 0.29) is 12.3 Å². The van der Waals surface area contributed by atoms with E-state index in [2.05, 4.69) is 4.98 Å². The van der Waals surface area contributed by atoms with E-state index < -0.39 is 5.97 Å². The molecule has 3 rings (SSSR count). The lowest BCUT2D eigenvalue weighted by Gasteiger charge is -2.15. The van der Waals surface area contributed by atoms with Crippen LogP contribution < -0.4 is 0 Å². The lowest BCUT2D eigenvalue weighted by molar-refractivity contribution is -0.137. The summed E-state index contributed by atoms with van der Waals surface area (Å²) >= 11 is 6.09. The average Bonchev–Trinajstić information content (AvgIpc) is 2.88. The molecule has 0 amide bonds. The number of halogens is 1. The zero-order chi connectivity index (χ0) is 15.7. The van der Waals surface area contributed by atoms with E-state index in [9.17, 15) is 9.90 Å². The van der Waals surface area contributed by atoms with Gasteiger partial charge in [-0.3, -0.25) is 4.79 Å². The topological polar surface area (TPSA) is 53.1 Å². The highest BCUT2D eigenvalue weighted by atomic mass is 35.5. The number of rotatable bonds is 4. The minimum absolute atomic E-state index is 0.0442. The second-order valence-electron chi connectivity index (χ2n) is 5.50. The van der Waals surface area contributed by atoms with Gasteiger partial charge in [0.25, 0.3) is 0 Å². The van der Waals surface area contributed by atoms with Gasteiger partial charge in [0, 0.05) is 28.0 Å². The Morgan fingerprint density at radius 2 is 1.95 bits per heavy atom. The van der Waals surface area contributed by atoms with E-state index in [0.29, 0.717) is 5.02 Å². The molecule has 112 valence electrons. The number of carboxylic acid groups (broad SMARTS) is 1. The highest BCUT2D eigenvalue weighted by molar-refractivity contribution is 6.31. The number of aromatic nitrogens is 1. The van der Waals surface area contributed by atoms with Crippen LogP contribution in [0.25, 0.3) is 10.9 Å². The maximum absolute atomic E-state index is 11.3. The number of nitrogens with one attached hydrogen (secondary N) is 1. The Kier molecular flexibility index (Phi) is 3.90. The van der Waals surface area contributed by atoms with Crippen LogP contribution in [0.4, 0.5) is 0 Å². The predicted octanol–water partition coefficient (Wildman–Crippen LogP) is 4.74. The standard InChI is InChI=1S/C18H16ClNO2/c1-11-2-4-12(5-3-11)14(9-18(21)22)16-10-20-17-7-6-13(19)8-15(16)17/h2-8,10,14,20H,9H2,1H3,(H,21,22)/t14-/m0/s1. The summed E-state index contributed by atoms with van der Waals surface area (Å²) in [6.07, 6.45) is 1.93. The second kappa shape index (κ2) is 5.85. The molecule has 0 aliphatic rings. The molecule has 1 aromatic heterocycles. The molecule has 1 atom stereocenters. The molecule has 22 heavy (non-hydrogen) atoms. The maximum Gasteiger partial charge on any atom is 0.304 e. The molecule has 2 N–H and O–H groups in total. The molecule has 3 aromatic rings. The summed E-state index contributed by atoms with van der Waals surface area (Å²) in [4.78, 5) is 14.5. The van der Waals surface area contributed by atoms with Gasteiger partial charge in [-0.25, -0.2) is 0 Å². The van der Waals surface area contributed by atoms with E-state index in [0.717, 1.165) is 27.6 Å². The van der Waals surface area contributed by atoms with Crippen molar-refractivity contribution in [2.45, 2.75) is 19.3 Å². The number of hydrogen-bond acceptors (Lipinski definition) is 1. The van der Waals surface area contributed by atoms with Crippen molar-refractivity contribution in [3.63, 3.8) is 0 Å². The highest BCUT2D eigenvalue weighted by Gasteiger charge is 2.21. The van der Waals surface area contributed by atoms with E-state index in [1.54, 1.807) is 0 Å². The fourth-order valence-electron chi connectivity index (χ4n) is 2.78. The van der Waals surface area contributed by atoms with Gasteiger partial charge >= 0.3 is 5.97 Å². The first-order chi connectivity index (χ1) is 10.5. The first-order valence-electron chi connectivity index (χ1n) is 7.09. The summed E-state index contributed by atoms with van der Waals surface area (Å²) in [5.41, 5.74) is 4.07. The van der Waals surface area contributed by atoms with Gasteiger partial charge < -0.3 is 10.1 Å². The molecular weight excluding hydrogens is 298 g/mol. The number of benzene rings is 2. The number of aromatic amines is 1. The first-order valence-corrected chi connectivity index (χ1v) is 7.47. The number of aryl methyl sites for hydroxylation is 1. The summed E-state index contributed by atoms with van der Waals surface area (Å²) in [7, 11) is 0. The van der Waals surface area contributed by atoms with Crippen molar-refractivity contribution >= 4 is 28.5 Å². The van der Waals surface area contributed by atoms with Crippen molar-refractivity contribution in [1.82, 2.24) is 4.98 Å². The van der Waals surface area contributed by atoms with Crippen LogP contribution in [0.1, 0.15) is 29.0 Å². The fraction of sp³-hybridized carbons (Fsp3) is 0.167. The van der Waals surface area contributed by atoms with Crippen LogP contribution in [0, 0.1) is 6.92 Å². The Bertz CT molecular complexity index is 821. The molecule has 0 fully saturated rings. The van der Waals surface area contributed by atoms with Crippen LogP contribution in [0.5, 0.6) is 0 Å². The SMILES string of the molecule is Cc1ccc([C@H](CC(=O)O)c2c[nH]c3ccc(Cl)cc23)cc1. The lowest BCUT2D eigenvalue weighted by atomic mass is 9.88. The number of hydrogen-bond donors (Lipinski definition) is 2. The minimum atomic E-state index is -0.818. The van der Waals surface area contributed by atoms with Crippen LogP contribution in [0.15, 0.2) is 48.7 Å². The van der Waals surface area contributed by atoms with Crippen LogP contribution in [0.3, 0.4) is 0 Å². The van der Waals surface area contributed by atoms with Crippen LogP contribution >= 0.6 is 11.6 Å². The summed E-state index contributed by atoms with van der Waals surface area (Å²) in [5.74, 6) is -1.02. The summed E-state index contributed by atoms with van der Waals surface area (Å²) in [5, 5.41) is 10.9. The van der Waals surface area contributed by atoms with Crippen LogP contribution in [-0.2, 0) is 4.79 Å². The Hall–Kier alpha value is -2.26. The zero-order valence-electron chi connectivity index (χ0n) is 12.1. The van der Waals surface area contributed by atoms with E-state index in [4.69, 9.17) is 11.6 Å². The minimum Gasteiger partial charge on any atom is -0.481 e. The van der Waals surface area contributed by atoms with E-state index >= 15 is 0 Å². The molecule has 0 radical (unpaired) electrons. The zero-order valence-corrected chi connectivity index (χ0v) is 12.9. The number of aliphatic carboxylic acids is 1. The Balaban J connectivity index is 2.13. The third kappa shape index (κ3) is 2.85. The monoisotopic (exact) mass is 313 g/mol. The average molecular weight is 314 g/mol. The van der Waals surface area contributed by atoms with Gasteiger partial charge in [-0.15, -0.1) is 0 Å². The third-order valence-electron chi connectivity index (χ3n) is 3.91. The van der Waals surface area contributed by atoms with Gasteiger partial charge in [0.1, 0.15) is 0 Å². The summed E-state index contributed by atoms with van der Waals surface area (Å²) in [6.45, 7) is 2.02. The van der Waals surface area contributed by atoms with Gasteiger partial charge in [-0.2, -0.15) is 0 Å². The first kappa shape index (κ1) is 14.7. The number of fused-ring (bicyclic) bond motifs is 1. The molecule has 0 aliphatic carbocycles. The second-order valence-corrected chi connectivity index (χ2v) is 5.93. The summed E-state index contributed by atoms with van der Waals surface area (Å²) < 4.78 is 0. The molecule has 0 saturated heterocycles. The number of carbonyl (C=O) groups is 1. The van der Waals surface area contributed by atoms with Gasteiger partial charge in [0.2, 0.25) is 0 Å². The van der Waals surface area contributed by atoms with Crippen molar-refractivity contribution in [3.05, 3.63) is 70.4 Å². The Labute approximate surface area is 133 Å². The van der Waals surface area contributed by atoms with Gasteiger partial charge in [-0.05, 0) is 36.2 Å². The van der Waals surface area contributed by atoms with Gasteiger partial charge in [-0.1, -0.05) is 41.4 Å². The summed E-state index contributed by atoms with van der Waals surface area (Å²) in [6, 6.07) is 13.6. The molecule has 0 spiro atoms. The molecule has 1 heterocycles.